The van der Waals surface area contributed by atoms with Crippen LogP contribution in [-0.2, 0) is 4.79 Å². The summed E-state index contributed by atoms with van der Waals surface area (Å²) < 4.78 is 13.0. The summed E-state index contributed by atoms with van der Waals surface area (Å²) in [6, 6.07) is 6.02. The Morgan fingerprint density at radius 3 is 2.81 bits per heavy atom. The second kappa shape index (κ2) is 6.54. The average Bonchev–Trinajstić information content (AvgIpc) is 2.89. The molecule has 6 heteroatoms. The maximum absolute atomic E-state index is 13.0. The molecule has 0 aliphatic rings. The van der Waals surface area contributed by atoms with Crippen molar-refractivity contribution in [2.75, 3.05) is 5.32 Å². The first-order valence-corrected chi connectivity index (χ1v) is 6.83. The van der Waals surface area contributed by atoms with Crippen molar-refractivity contribution in [1.29, 1.82) is 0 Å². The van der Waals surface area contributed by atoms with E-state index >= 15 is 0 Å². The summed E-state index contributed by atoms with van der Waals surface area (Å²) in [5.41, 5.74) is 1.58. The van der Waals surface area contributed by atoms with Crippen molar-refractivity contribution in [2.24, 2.45) is 0 Å². The minimum Gasteiger partial charge on any atom is -0.306 e. The van der Waals surface area contributed by atoms with Crippen molar-refractivity contribution < 1.29 is 9.18 Å². The van der Waals surface area contributed by atoms with E-state index < -0.39 is 5.82 Å². The van der Waals surface area contributed by atoms with E-state index in [1.165, 1.54) is 24.3 Å². The third-order valence-corrected chi connectivity index (χ3v) is 3.13. The maximum Gasteiger partial charge on any atom is 0.249 e. The van der Waals surface area contributed by atoms with Gasteiger partial charge < -0.3 is 5.32 Å². The molecule has 0 saturated heterocycles. The van der Waals surface area contributed by atoms with Crippen molar-refractivity contribution in [3.63, 3.8) is 0 Å². The van der Waals surface area contributed by atoms with Crippen LogP contribution in [0.5, 0.6) is 0 Å². The molecule has 0 atom stereocenters. The second-order valence-electron chi connectivity index (χ2n) is 4.86. The molecule has 0 radical (unpaired) electrons. The highest BCUT2D eigenvalue weighted by Crippen LogP contribution is 2.17. The molecule has 2 rings (SSSR count). The topological polar surface area (TPSA) is 57.8 Å². The van der Waals surface area contributed by atoms with Gasteiger partial charge >= 0.3 is 0 Å². The molecule has 21 heavy (non-hydrogen) atoms. The van der Waals surface area contributed by atoms with Gasteiger partial charge in [0.2, 0.25) is 5.91 Å². The molecule has 1 aromatic carbocycles. The number of hydrogen-bond acceptors (Lipinski definition) is 2. The molecule has 0 aliphatic heterocycles. The smallest absolute Gasteiger partial charge is 0.249 e. The van der Waals surface area contributed by atoms with Crippen LogP contribution in [-0.4, -0.2) is 16.1 Å². The van der Waals surface area contributed by atoms with Gasteiger partial charge in [-0.2, -0.15) is 5.10 Å². The number of halogens is 2. The van der Waals surface area contributed by atoms with Crippen molar-refractivity contribution in [2.45, 2.75) is 19.8 Å². The monoisotopic (exact) mass is 307 g/mol. The molecule has 0 fully saturated rings. The van der Waals surface area contributed by atoms with E-state index in [0.717, 1.165) is 5.69 Å². The Morgan fingerprint density at radius 1 is 1.43 bits per heavy atom. The molecule has 2 aromatic rings. The highest BCUT2D eigenvalue weighted by Gasteiger charge is 2.06. The summed E-state index contributed by atoms with van der Waals surface area (Å²) in [5.74, 6) is -0.0428. The molecule has 1 heterocycles. The molecule has 0 spiro atoms. The number of carbonyl (C=O) groups excluding carboxylic acids is 1. The zero-order valence-corrected chi connectivity index (χ0v) is 12.4. The van der Waals surface area contributed by atoms with Crippen LogP contribution in [0.25, 0.3) is 6.08 Å². The summed E-state index contributed by atoms with van der Waals surface area (Å²) in [5, 5.41) is 9.50. The summed E-state index contributed by atoms with van der Waals surface area (Å²) in [6.45, 7) is 4.05. The van der Waals surface area contributed by atoms with Crippen LogP contribution in [0.1, 0.15) is 31.0 Å². The number of carbonyl (C=O) groups is 1. The first kappa shape index (κ1) is 15.3. The number of rotatable bonds is 4. The van der Waals surface area contributed by atoms with Crippen LogP contribution in [0.4, 0.5) is 10.2 Å². The van der Waals surface area contributed by atoms with Gasteiger partial charge in [0.1, 0.15) is 5.82 Å². The molecule has 1 aromatic heterocycles. The van der Waals surface area contributed by atoms with Gasteiger partial charge in [-0.3, -0.25) is 9.89 Å². The van der Waals surface area contributed by atoms with E-state index in [0.29, 0.717) is 17.3 Å². The standard InChI is InChI=1S/C15H15ClFN3O/c1-9(2)13-8-14(20-19-13)18-15(21)6-4-10-3-5-12(17)11(16)7-10/h3-9H,1-2H3,(H2,18,19,20,21)/b6-4+. The second-order valence-corrected chi connectivity index (χ2v) is 5.27. The number of aromatic nitrogens is 2. The summed E-state index contributed by atoms with van der Waals surface area (Å²) >= 11 is 5.67. The zero-order chi connectivity index (χ0) is 15.4. The van der Waals surface area contributed by atoms with Crippen molar-refractivity contribution in [3.8, 4) is 0 Å². The lowest BCUT2D eigenvalue weighted by Crippen LogP contribution is -2.07. The fourth-order valence-corrected chi connectivity index (χ4v) is 1.84. The van der Waals surface area contributed by atoms with Gasteiger partial charge in [-0.15, -0.1) is 0 Å². The quantitative estimate of drug-likeness (QED) is 0.839. The number of aromatic amines is 1. The van der Waals surface area contributed by atoms with Gasteiger partial charge in [-0.1, -0.05) is 31.5 Å². The Morgan fingerprint density at radius 2 is 2.19 bits per heavy atom. The SMILES string of the molecule is CC(C)c1cc(NC(=O)/C=C/c2ccc(F)c(Cl)c2)n[nH]1. The third kappa shape index (κ3) is 4.16. The number of nitrogens with zero attached hydrogens (tertiary/aromatic N) is 1. The number of H-pyrrole nitrogens is 1. The van der Waals surface area contributed by atoms with E-state index in [9.17, 15) is 9.18 Å². The Kier molecular flexibility index (Phi) is 4.75. The van der Waals surface area contributed by atoms with Gasteiger partial charge in [0, 0.05) is 17.8 Å². The predicted octanol–water partition coefficient (Wildman–Crippen LogP) is 3.98. The Hall–Kier alpha value is -2.14. The van der Waals surface area contributed by atoms with E-state index in [1.54, 1.807) is 12.1 Å². The fraction of sp³-hybridized carbons (Fsp3) is 0.200. The maximum atomic E-state index is 13.0. The number of hydrogen-bond donors (Lipinski definition) is 2. The molecule has 0 aliphatic carbocycles. The van der Waals surface area contributed by atoms with Gasteiger partial charge in [-0.25, -0.2) is 4.39 Å². The molecule has 0 saturated carbocycles. The molecular weight excluding hydrogens is 293 g/mol. The minimum absolute atomic E-state index is 0.0198. The van der Waals surface area contributed by atoms with Crippen LogP contribution in [0.2, 0.25) is 5.02 Å². The van der Waals surface area contributed by atoms with E-state index in [2.05, 4.69) is 15.5 Å². The minimum atomic E-state index is -0.490. The number of nitrogens with one attached hydrogen (secondary N) is 2. The van der Waals surface area contributed by atoms with Gasteiger partial charge in [0.05, 0.1) is 5.02 Å². The normalized spacial score (nSPS) is 11.3. The van der Waals surface area contributed by atoms with Crippen LogP contribution in [0.3, 0.4) is 0 Å². The Bertz CT molecular complexity index is 679. The number of benzene rings is 1. The first-order chi connectivity index (χ1) is 9.95. The molecule has 4 nitrogen and oxygen atoms in total. The van der Waals surface area contributed by atoms with Gasteiger partial charge in [0.25, 0.3) is 0 Å². The summed E-state index contributed by atoms with van der Waals surface area (Å²) in [4.78, 5) is 11.8. The molecular formula is C15H15ClFN3O. The van der Waals surface area contributed by atoms with E-state index in [1.807, 2.05) is 13.8 Å². The number of anilines is 1. The van der Waals surface area contributed by atoms with Crippen molar-refractivity contribution in [3.05, 3.63) is 52.4 Å². The lowest BCUT2D eigenvalue weighted by atomic mass is 10.1. The van der Waals surface area contributed by atoms with E-state index in [4.69, 9.17) is 11.6 Å². The molecule has 1 amide bonds. The largest absolute Gasteiger partial charge is 0.306 e. The first-order valence-electron chi connectivity index (χ1n) is 6.45. The van der Waals surface area contributed by atoms with Gasteiger partial charge in [0.15, 0.2) is 5.82 Å². The highest BCUT2D eigenvalue weighted by molar-refractivity contribution is 6.30. The Labute approximate surface area is 127 Å². The highest BCUT2D eigenvalue weighted by atomic mass is 35.5. The van der Waals surface area contributed by atoms with Crippen LogP contribution in [0, 0.1) is 5.82 Å². The molecule has 2 N–H and O–H groups in total. The predicted molar refractivity (Wildman–Crippen MR) is 81.8 cm³/mol. The zero-order valence-electron chi connectivity index (χ0n) is 11.7. The molecule has 0 unspecified atom stereocenters. The Balaban J connectivity index is 2.00. The van der Waals surface area contributed by atoms with Crippen molar-refractivity contribution in [1.82, 2.24) is 10.2 Å². The van der Waals surface area contributed by atoms with Gasteiger partial charge in [-0.05, 0) is 29.7 Å². The third-order valence-electron chi connectivity index (χ3n) is 2.84. The number of amides is 1. The van der Waals surface area contributed by atoms with Crippen LogP contribution in [0.15, 0.2) is 30.3 Å². The molecule has 0 bridgehead atoms. The van der Waals surface area contributed by atoms with E-state index in [-0.39, 0.29) is 10.9 Å². The van der Waals surface area contributed by atoms with Crippen LogP contribution >= 0.6 is 11.6 Å². The lowest BCUT2D eigenvalue weighted by Gasteiger charge is -1.98. The fourth-order valence-electron chi connectivity index (χ4n) is 1.65. The summed E-state index contributed by atoms with van der Waals surface area (Å²) in [6.07, 6.45) is 2.89. The van der Waals surface area contributed by atoms with Crippen LogP contribution < -0.4 is 5.32 Å². The lowest BCUT2D eigenvalue weighted by molar-refractivity contribution is -0.111. The average molecular weight is 308 g/mol. The van der Waals surface area contributed by atoms with Crippen molar-refractivity contribution >= 4 is 29.4 Å². The summed E-state index contributed by atoms with van der Waals surface area (Å²) in [7, 11) is 0. The molecule has 110 valence electrons.